The van der Waals surface area contributed by atoms with Crippen LogP contribution in [-0.4, -0.2) is 42.4 Å². The van der Waals surface area contributed by atoms with E-state index in [1.165, 1.54) is 29.8 Å². The van der Waals surface area contributed by atoms with Gasteiger partial charge in [0.1, 0.15) is 0 Å². The smallest absolute Gasteiger partial charge is 0.221 e. The van der Waals surface area contributed by atoms with Crippen molar-refractivity contribution in [3.63, 3.8) is 0 Å². The first-order valence-electron chi connectivity index (χ1n) is 9.86. The van der Waals surface area contributed by atoms with E-state index < -0.39 is 0 Å². The van der Waals surface area contributed by atoms with Crippen LogP contribution < -0.4 is 5.32 Å². The second kappa shape index (κ2) is 7.45. The van der Waals surface area contributed by atoms with Gasteiger partial charge in [0.2, 0.25) is 5.91 Å². The molecule has 2 aromatic carbocycles. The highest BCUT2D eigenvalue weighted by molar-refractivity contribution is 5.88. The quantitative estimate of drug-likeness (QED) is 0.900. The minimum Gasteiger partial charge on any atom is -0.326 e. The molecule has 0 aliphatic carbocycles. The molecule has 0 saturated carbocycles. The summed E-state index contributed by atoms with van der Waals surface area (Å²) in [5.41, 5.74) is 5.08. The Bertz CT molecular complexity index is 817. The van der Waals surface area contributed by atoms with Crippen molar-refractivity contribution >= 4 is 11.6 Å². The van der Waals surface area contributed by atoms with Crippen LogP contribution in [0.5, 0.6) is 0 Å². The van der Waals surface area contributed by atoms with Crippen molar-refractivity contribution in [2.45, 2.75) is 26.4 Å². The second-order valence-corrected chi connectivity index (χ2v) is 8.24. The summed E-state index contributed by atoms with van der Waals surface area (Å²) >= 11 is 0. The first kappa shape index (κ1) is 18.2. The molecule has 0 aromatic heterocycles. The number of anilines is 1. The van der Waals surface area contributed by atoms with Gasteiger partial charge in [0.15, 0.2) is 0 Å². The molecule has 142 valence electrons. The Labute approximate surface area is 162 Å². The van der Waals surface area contributed by atoms with Crippen LogP contribution in [0.15, 0.2) is 48.5 Å². The van der Waals surface area contributed by atoms with Gasteiger partial charge in [-0.25, -0.2) is 0 Å². The summed E-state index contributed by atoms with van der Waals surface area (Å²) in [5.74, 6) is 1.43. The van der Waals surface area contributed by atoms with E-state index in [0.717, 1.165) is 24.7 Å². The van der Waals surface area contributed by atoms with Crippen LogP contribution in [0.1, 0.15) is 29.7 Å². The third kappa shape index (κ3) is 3.78. The number of nitrogens with one attached hydrogen (secondary N) is 1. The molecule has 2 aliphatic heterocycles. The molecule has 1 amide bonds. The van der Waals surface area contributed by atoms with Crippen molar-refractivity contribution < 1.29 is 4.79 Å². The number of benzene rings is 2. The van der Waals surface area contributed by atoms with Gasteiger partial charge in [0, 0.05) is 44.8 Å². The largest absolute Gasteiger partial charge is 0.326 e. The minimum atomic E-state index is -0.0264. The fourth-order valence-corrected chi connectivity index (χ4v) is 5.02. The number of rotatable bonds is 4. The summed E-state index contributed by atoms with van der Waals surface area (Å²) in [5, 5.41) is 2.83. The van der Waals surface area contributed by atoms with E-state index in [1.54, 1.807) is 6.92 Å². The maximum atomic E-state index is 11.2. The van der Waals surface area contributed by atoms with Gasteiger partial charge < -0.3 is 5.32 Å². The van der Waals surface area contributed by atoms with Gasteiger partial charge in [-0.2, -0.15) is 0 Å². The number of fused-ring (bicyclic) bond motifs is 1. The summed E-state index contributed by atoms with van der Waals surface area (Å²) in [7, 11) is 2.28. The Kier molecular flexibility index (Phi) is 5.02. The Balaban J connectivity index is 1.44. The van der Waals surface area contributed by atoms with Crippen LogP contribution >= 0.6 is 0 Å². The van der Waals surface area contributed by atoms with Crippen molar-refractivity contribution in [2.75, 3.05) is 32.0 Å². The van der Waals surface area contributed by atoms with Crippen molar-refractivity contribution in [3.05, 3.63) is 65.2 Å². The van der Waals surface area contributed by atoms with E-state index in [4.69, 9.17) is 0 Å². The van der Waals surface area contributed by atoms with Crippen LogP contribution in [-0.2, 0) is 11.3 Å². The molecule has 4 nitrogen and oxygen atoms in total. The molecule has 3 atom stereocenters. The number of amides is 1. The Morgan fingerprint density at radius 1 is 1.07 bits per heavy atom. The number of hydrogen-bond acceptors (Lipinski definition) is 3. The summed E-state index contributed by atoms with van der Waals surface area (Å²) < 4.78 is 0. The topological polar surface area (TPSA) is 35.6 Å². The SMILES string of the molecule is CC(=O)Nc1ccc(CN2C[C@@H]3CN(C)[C@@H](c4ccccc4C)[C@@H]3C2)cc1. The molecule has 0 radical (unpaired) electrons. The Morgan fingerprint density at radius 3 is 2.52 bits per heavy atom. The minimum absolute atomic E-state index is 0.0264. The summed E-state index contributed by atoms with van der Waals surface area (Å²) in [6.45, 7) is 8.27. The lowest BCUT2D eigenvalue weighted by atomic mass is 9.88. The fraction of sp³-hybridized carbons (Fsp3) is 0.435. The molecule has 2 heterocycles. The summed E-state index contributed by atoms with van der Waals surface area (Å²) in [6, 6.07) is 17.6. The van der Waals surface area contributed by atoms with E-state index in [9.17, 15) is 4.79 Å². The Morgan fingerprint density at radius 2 is 1.81 bits per heavy atom. The van der Waals surface area contributed by atoms with Crippen LogP contribution in [0.4, 0.5) is 5.69 Å². The monoisotopic (exact) mass is 363 g/mol. The molecule has 2 aromatic rings. The van der Waals surface area contributed by atoms with Crippen molar-refractivity contribution in [2.24, 2.45) is 11.8 Å². The van der Waals surface area contributed by atoms with Gasteiger partial charge in [-0.3, -0.25) is 14.6 Å². The van der Waals surface area contributed by atoms with Crippen LogP contribution in [0.25, 0.3) is 0 Å². The normalized spacial score (nSPS) is 25.5. The number of carbonyl (C=O) groups is 1. The van der Waals surface area contributed by atoms with Crippen molar-refractivity contribution in [3.8, 4) is 0 Å². The molecule has 0 spiro atoms. The molecule has 2 fully saturated rings. The third-order valence-electron chi connectivity index (χ3n) is 6.16. The Hall–Kier alpha value is -2.17. The highest BCUT2D eigenvalue weighted by atomic mass is 16.1. The number of carbonyl (C=O) groups excluding carboxylic acids is 1. The molecule has 0 bridgehead atoms. The first-order chi connectivity index (χ1) is 13.0. The molecular weight excluding hydrogens is 334 g/mol. The average Bonchev–Trinajstić information content (AvgIpc) is 3.13. The van der Waals surface area contributed by atoms with Gasteiger partial charge >= 0.3 is 0 Å². The lowest BCUT2D eigenvalue weighted by molar-refractivity contribution is -0.114. The number of nitrogens with zero attached hydrogens (tertiary/aromatic N) is 2. The summed E-state index contributed by atoms with van der Waals surface area (Å²) in [4.78, 5) is 16.3. The van der Waals surface area contributed by atoms with Gasteiger partial charge in [-0.15, -0.1) is 0 Å². The lowest BCUT2D eigenvalue weighted by Crippen LogP contribution is -2.29. The van der Waals surface area contributed by atoms with E-state index in [-0.39, 0.29) is 5.91 Å². The fourth-order valence-electron chi connectivity index (χ4n) is 5.02. The number of likely N-dealkylation sites (tertiary alicyclic amines) is 2. The van der Waals surface area contributed by atoms with Gasteiger partial charge in [0.25, 0.3) is 0 Å². The van der Waals surface area contributed by atoms with Crippen LogP contribution in [0, 0.1) is 18.8 Å². The first-order valence-corrected chi connectivity index (χ1v) is 9.86. The molecule has 1 N–H and O–H groups in total. The third-order valence-corrected chi connectivity index (χ3v) is 6.16. The summed E-state index contributed by atoms with van der Waals surface area (Å²) in [6.07, 6.45) is 0. The number of aryl methyl sites for hydroxylation is 1. The second-order valence-electron chi connectivity index (χ2n) is 8.24. The molecule has 27 heavy (non-hydrogen) atoms. The van der Waals surface area contributed by atoms with Crippen molar-refractivity contribution in [1.82, 2.24) is 9.80 Å². The standard InChI is InChI=1S/C23H29N3O/c1-16-6-4-5-7-21(16)23-22-15-26(14-19(22)13-25(23)3)12-18-8-10-20(11-9-18)24-17(2)27/h4-11,19,22-23H,12-15H2,1-3H3,(H,24,27)/t19-,22+,23-/m0/s1. The molecule has 2 aliphatic rings. The predicted molar refractivity (Wildman–Crippen MR) is 110 cm³/mol. The van der Waals surface area contributed by atoms with Gasteiger partial charge in [-0.1, -0.05) is 36.4 Å². The van der Waals surface area contributed by atoms with E-state index in [1.807, 2.05) is 12.1 Å². The van der Waals surface area contributed by atoms with Gasteiger partial charge in [0.05, 0.1) is 0 Å². The molecular formula is C23H29N3O. The molecule has 4 heteroatoms. The van der Waals surface area contributed by atoms with Crippen LogP contribution in [0.3, 0.4) is 0 Å². The van der Waals surface area contributed by atoms with E-state index in [2.05, 4.69) is 65.5 Å². The zero-order valence-corrected chi connectivity index (χ0v) is 16.5. The molecule has 2 saturated heterocycles. The van der Waals surface area contributed by atoms with E-state index >= 15 is 0 Å². The lowest BCUT2D eigenvalue weighted by Gasteiger charge is -2.28. The predicted octanol–water partition coefficient (Wildman–Crippen LogP) is 3.69. The molecule has 0 unspecified atom stereocenters. The highest BCUT2D eigenvalue weighted by Crippen LogP contribution is 2.45. The van der Waals surface area contributed by atoms with Crippen LogP contribution in [0.2, 0.25) is 0 Å². The zero-order chi connectivity index (χ0) is 19.0. The number of hydrogen-bond donors (Lipinski definition) is 1. The van der Waals surface area contributed by atoms with Crippen molar-refractivity contribution in [1.29, 1.82) is 0 Å². The highest BCUT2D eigenvalue weighted by Gasteiger charge is 2.46. The zero-order valence-electron chi connectivity index (χ0n) is 16.5. The average molecular weight is 364 g/mol. The van der Waals surface area contributed by atoms with E-state index in [0.29, 0.717) is 12.0 Å². The maximum absolute atomic E-state index is 11.2. The maximum Gasteiger partial charge on any atom is 0.221 e. The van der Waals surface area contributed by atoms with Gasteiger partial charge in [-0.05, 0) is 54.6 Å². The molecule has 4 rings (SSSR count).